The van der Waals surface area contributed by atoms with Gasteiger partial charge in [-0.15, -0.1) is 0 Å². The second-order valence-electron chi connectivity index (χ2n) is 4.75. The Hall–Kier alpha value is -1.92. The Morgan fingerprint density at radius 1 is 1.15 bits per heavy atom. The molecule has 0 fully saturated rings. The number of aryl methyl sites for hydroxylation is 2. The molecule has 3 heteroatoms. The number of nitrogens with zero attached hydrogens (tertiary/aromatic N) is 1. The summed E-state index contributed by atoms with van der Waals surface area (Å²) in [6, 6.07) is 15.0. The second-order valence-corrected chi connectivity index (χ2v) is 5.60. The van der Waals surface area contributed by atoms with E-state index < -0.39 is 5.92 Å². The first-order valence-corrected chi connectivity index (χ1v) is 7.09. The third kappa shape index (κ3) is 2.81. The first kappa shape index (κ1) is 14.5. The largest absolute Gasteiger partial charge is 0.292 e. The van der Waals surface area contributed by atoms with Crippen LogP contribution in [0.25, 0.3) is 0 Å². The van der Waals surface area contributed by atoms with Crippen LogP contribution in [0.1, 0.15) is 33.0 Å². The number of halogens is 1. The normalized spacial score (nSPS) is 11.7. The number of nitriles is 1. The number of ketones is 1. The van der Waals surface area contributed by atoms with Crippen molar-refractivity contribution in [3.63, 3.8) is 0 Å². The third-order valence-corrected chi connectivity index (χ3v) is 4.12. The highest BCUT2D eigenvalue weighted by molar-refractivity contribution is 9.10. The lowest BCUT2D eigenvalue weighted by Gasteiger charge is -2.11. The van der Waals surface area contributed by atoms with Gasteiger partial charge in [0.05, 0.1) is 6.07 Å². The monoisotopic (exact) mass is 327 g/mol. The fourth-order valence-electron chi connectivity index (χ4n) is 2.04. The Bertz CT molecular complexity index is 700. The molecule has 0 N–H and O–H groups in total. The zero-order valence-corrected chi connectivity index (χ0v) is 12.9. The summed E-state index contributed by atoms with van der Waals surface area (Å²) in [7, 11) is 0. The molecule has 0 aliphatic heterocycles. The van der Waals surface area contributed by atoms with Gasteiger partial charge in [0.15, 0.2) is 5.78 Å². The fourth-order valence-corrected chi connectivity index (χ4v) is 2.55. The molecule has 0 saturated carbocycles. The van der Waals surface area contributed by atoms with Crippen LogP contribution in [0.15, 0.2) is 46.9 Å². The topological polar surface area (TPSA) is 40.9 Å². The molecule has 2 nitrogen and oxygen atoms in total. The van der Waals surface area contributed by atoms with Crippen LogP contribution in [-0.4, -0.2) is 5.78 Å². The minimum atomic E-state index is -0.785. The van der Waals surface area contributed by atoms with Gasteiger partial charge in [-0.05, 0) is 42.7 Å². The van der Waals surface area contributed by atoms with Crippen molar-refractivity contribution in [3.8, 4) is 6.07 Å². The van der Waals surface area contributed by atoms with E-state index in [-0.39, 0.29) is 5.78 Å². The lowest BCUT2D eigenvalue weighted by Crippen LogP contribution is -2.12. The van der Waals surface area contributed by atoms with Crippen LogP contribution in [0.4, 0.5) is 0 Å². The van der Waals surface area contributed by atoms with Gasteiger partial charge in [0.2, 0.25) is 0 Å². The van der Waals surface area contributed by atoms with E-state index in [2.05, 4.69) is 22.0 Å². The Labute approximate surface area is 127 Å². The van der Waals surface area contributed by atoms with E-state index in [0.717, 1.165) is 15.6 Å². The summed E-state index contributed by atoms with van der Waals surface area (Å²) < 4.78 is 0.781. The summed E-state index contributed by atoms with van der Waals surface area (Å²) in [4.78, 5) is 12.5. The molecule has 1 unspecified atom stereocenters. The van der Waals surface area contributed by atoms with Crippen LogP contribution in [-0.2, 0) is 0 Å². The summed E-state index contributed by atoms with van der Waals surface area (Å²) >= 11 is 3.40. The molecular formula is C17H14BrNO. The van der Waals surface area contributed by atoms with Crippen molar-refractivity contribution in [1.29, 1.82) is 5.26 Å². The van der Waals surface area contributed by atoms with Crippen LogP contribution < -0.4 is 0 Å². The maximum atomic E-state index is 12.5. The second kappa shape index (κ2) is 6.02. The van der Waals surface area contributed by atoms with E-state index in [9.17, 15) is 10.1 Å². The molecule has 1 atom stereocenters. The molecular weight excluding hydrogens is 314 g/mol. The maximum absolute atomic E-state index is 12.5. The molecule has 0 spiro atoms. The number of hydrogen-bond donors (Lipinski definition) is 0. The lowest BCUT2D eigenvalue weighted by atomic mass is 9.90. The van der Waals surface area contributed by atoms with E-state index in [4.69, 9.17) is 0 Å². The van der Waals surface area contributed by atoms with E-state index in [1.165, 1.54) is 0 Å². The van der Waals surface area contributed by atoms with Gasteiger partial charge in [0.25, 0.3) is 0 Å². The average molecular weight is 328 g/mol. The highest BCUT2D eigenvalue weighted by Crippen LogP contribution is 2.27. The van der Waals surface area contributed by atoms with Crippen molar-refractivity contribution in [2.24, 2.45) is 0 Å². The Kier molecular flexibility index (Phi) is 4.36. The minimum absolute atomic E-state index is 0.164. The fraction of sp³-hybridized carbons (Fsp3) is 0.176. The summed E-state index contributed by atoms with van der Waals surface area (Å²) in [5, 5.41) is 9.37. The lowest BCUT2D eigenvalue weighted by molar-refractivity contribution is 0.0978. The smallest absolute Gasteiger partial charge is 0.184 e. The van der Waals surface area contributed by atoms with E-state index in [1.807, 2.05) is 44.2 Å². The van der Waals surface area contributed by atoms with Crippen molar-refractivity contribution < 1.29 is 4.79 Å². The number of hydrogen-bond acceptors (Lipinski definition) is 2. The Morgan fingerprint density at radius 3 is 2.45 bits per heavy atom. The number of benzene rings is 2. The summed E-state index contributed by atoms with van der Waals surface area (Å²) in [5.41, 5.74) is 3.48. The molecule has 0 heterocycles. The van der Waals surface area contributed by atoms with Gasteiger partial charge < -0.3 is 0 Å². The van der Waals surface area contributed by atoms with Gasteiger partial charge in [0.1, 0.15) is 5.92 Å². The molecule has 2 aromatic rings. The molecule has 2 aromatic carbocycles. The number of rotatable bonds is 3. The quantitative estimate of drug-likeness (QED) is 0.775. The van der Waals surface area contributed by atoms with Crippen LogP contribution >= 0.6 is 15.9 Å². The molecule has 0 radical (unpaired) electrons. The molecule has 0 aromatic heterocycles. The van der Waals surface area contributed by atoms with Crippen LogP contribution in [0.2, 0.25) is 0 Å². The highest BCUT2D eigenvalue weighted by atomic mass is 79.9. The zero-order valence-electron chi connectivity index (χ0n) is 11.4. The molecule has 20 heavy (non-hydrogen) atoms. The van der Waals surface area contributed by atoms with Crippen LogP contribution in [0.3, 0.4) is 0 Å². The highest BCUT2D eigenvalue weighted by Gasteiger charge is 2.23. The number of carbonyl (C=O) groups is 1. The summed E-state index contributed by atoms with van der Waals surface area (Å²) in [6.45, 7) is 3.96. The molecule has 0 saturated heterocycles. The average Bonchev–Trinajstić information content (AvgIpc) is 2.44. The first-order valence-electron chi connectivity index (χ1n) is 6.30. The van der Waals surface area contributed by atoms with Gasteiger partial charge in [-0.25, -0.2) is 0 Å². The van der Waals surface area contributed by atoms with E-state index in [1.54, 1.807) is 12.1 Å². The molecule has 0 aliphatic rings. The molecule has 0 aliphatic carbocycles. The van der Waals surface area contributed by atoms with Crippen molar-refractivity contribution in [2.75, 3.05) is 0 Å². The SMILES string of the molecule is Cc1ccc(C(=O)C(C#N)c2ccccc2Br)cc1C. The van der Waals surface area contributed by atoms with Gasteiger partial charge in [-0.2, -0.15) is 5.26 Å². The molecule has 0 amide bonds. The maximum Gasteiger partial charge on any atom is 0.184 e. The van der Waals surface area contributed by atoms with Gasteiger partial charge in [-0.3, -0.25) is 4.79 Å². The third-order valence-electron chi connectivity index (χ3n) is 3.40. The van der Waals surface area contributed by atoms with Crippen molar-refractivity contribution in [2.45, 2.75) is 19.8 Å². The van der Waals surface area contributed by atoms with Gasteiger partial charge in [0, 0.05) is 10.0 Å². The van der Waals surface area contributed by atoms with Gasteiger partial charge >= 0.3 is 0 Å². The standard InChI is InChI=1S/C17H14BrNO/c1-11-7-8-13(9-12(11)2)17(20)15(10-19)14-5-3-4-6-16(14)18/h3-9,15H,1-2H3. The van der Waals surface area contributed by atoms with Crippen LogP contribution in [0, 0.1) is 25.2 Å². The van der Waals surface area contributed by atoms with E-state index >= 15 is 0 Å². The van der Waals surface area contributed by atoms with Crippen molar-refractivity contribution in [1.82, 2.24) is 0 Å². The zero-order chi connectivity index (χ0) is 14.7. The minimum Gasteiger partial charge on any atom is -0.292 e. The summed E-state index contributed by atoms with van der Waals surface area (Å²) in [6.07, 6.45) is 0. The molecule has 0 bridgehead atoms. The van der Waals surface area contributed by atoms with E-state index in [0.29, 0.717) is 11.1 Å². The molecule has 100 valence electrons. The number of Topliss-reactive ketones (excluding diaryl/α,β-unsaturated/α-hetero) is 1. The summed E-state index contributed by atoms with van der Waals surface area (Å²) in [5.74, 6) is -0.949. The molecule has 2 rings (SSSR count). The number of carbonyl (C=O) groups excluding carboxylic acids is 1. The predicted molar refractivity (Wildman–Crippen MR) is 82.7 cm³/mol. The van der Waals surface area contributed by atoms with Gasteiger partial charge in [-0.1, -0.05) is 46.3 Å². The Morgan fingerprint density at radius 2 is 1.85 bits per heavy atom. The van der Waals surface area contributed by atoms with Crippen molar-refractivity contribution in [3.05, 3.63) is 69.2 Å². The Balaban J connectivity index is 2.42. The van der Waals surface area contributed by atoms with Crippen LogP contribution in [0.5, 0.6) is 0 Å². The van der Waals surface area contributed by atoms with Crippen molar-refractivity contribution >= 4 is 21.7 Å². The predicted octanol–water partition coefficient (Wildman–Crippen LogP) is 4.56. The first-order chi connectivity index (χ1) is 9.54.